The minimum absolute atomic E-state index is 0.160. The molecule has 1 saturated heterocycles. The number of hydrogen-bond donors (Lipinski definition) is 2. The first-order chi connectivity index (χ1) is 11.5. The molecule has 126 valence electrons. The molecule has 1 atom stereocenters. The molecule has 0 bridgehead atoms. The van der Waals surface area contributed by atoms with Crippen molar-refractivity contribution in [2.45, 2.75) is 18.9 Å². The van der Waals surface area contributed by atoms with Crippen molar-refractivity contribution in [1.29, 1.82) is 0 Å². The van der Waals surface area contributed by atoms with Gasteiger partial charge in [-0.3, -0.25) is 20.4 Å². The van der Waals surface area contributed by atoms with Gasteiger partial charge in [-0.1, -0.05) is 29.3 Å². The first-order valence-electron chi connectivity index (χ1n) is 7.42. The molecule has 2 amide bonds. The van der Waals surface area contributed by atoms with Gasteiger partial charge in [0.25, 0.3) is 11.8 Å². The highest BCUT2D eigenvalue weighted by molar-refractivity contribution is 7.18. The van der Waals surface area contributed by atoms with E-state index in [0.29, 0.717) is 32.9 Å². The standard InChI is InChI=1S/C16H15Cl2N3O2S/c17-10-3-1-4-11(9-10)19-20-15(22)12-5-2-8-21(12)16(23)13-6-7-14(18)24-13/h1,3-4,6-7,9,12,19H,2,5,8H2,(H,20,22)/t12-/m1/s1. The number of likely N-dealkylation sites (tertiary alicyclic amines) is 1. The Bertz CT molecular complexity index is 765. The minimum atomic E-state index is -0.495. The second kappa shape index (κ2) is 7.42. The van der Waals surface area contributed by atoms with E-state index in [1.165, 1.54) is 11.3 Å². The summed E-state index contributed by atoms with van der Waals surface area (Å²) in [6.45, 7) is 0.559. The largest absolute Gasteiger partial charge is 0.326 e. The lowest BCUT2D eigenvalue weighted by molar-refractivity contribution is -0.124. The maximum Gasteiger partial charge on any atom is 0.264 e. The molecule has 2 aromatic rings. The van der Waals surface area contributed by atoms with Crippen LogP contribution in [0, 0.1) is 0 Å². The summed E-state index contributed by atoms with van der Waals surface area (Å²) in [6, 6.07) is 9.90. The number of halogens is 2. The molecule has 1 fully saturated rings. The van der Waals surface area contributed by atoms with Crippen LogP contribution in [0.1, 0.15) is 22.5 Å². The molecular formula is C16H15Cl2N3O2S. The van der Waals surface area contributed by atoms with Crippen molar-refractivity contribution < 1.29 is 9.59 Å². The SMILES string of the molecule is O=C(NNc1cccc(Cl)c1)[C@H]1CCCN1C(=O)c1ccc(Cl)s1. The van der Waals surface area contributed by atoms with Crippen molar-refractivity contribution in [3.63, 3.8) is 0 Å². The highest BCUT2D eigenvalue weighted by Gasteiger charge is 2.35. The summed E-state index contributed by atoms with van der Waals surface area (Å²) >= 11 is 13.0. The van der Waals surface area contributed by atoms with E-state index >= 15 is 0 Å². The van der Waals surface area contributed by atoms with Crippen molar-refractivity contribution in [2.75, 3.05) is 12.0 Å². The van der Waals surface area contributed by atoms with E-state index in [1.807, 2.05) is 0 Å². The molecule has 0 spiro atoms. The van der Waals surface area contributed by atoms with E-state index in [9.17, 15) is 9.59 Å². The number of nitrogens with zero attached hydrogens (tertiary/aromatic N) is 1. The molecule has 24 heavy (non-hydrogen) atoms. The molecule has 1 aromatic heterocycles. The number of benzene rings is 1. The summed E-state index contributed by atoms with van der Waals surface area (Å²) in [7, 11) is 0. The number of thiophene rings is 1. The predicted molar refractivity (Wildman–Crippen MR) is 96.6 cm³/mol. The maximum absolute atomic E-state index is 12.6. The van der Waals surface area contributed by atoms with Gasteiger partial charge in [-0.2, -0.15) is 0 Å². The monoisotopic (exact) mass is 383 g/mol. The van der Waals surface area contributed by atoms with Crippen molar-refractivity contribution in [3.8, 4) is 0 Å². The molecule has 3 rings (SSSR count). The van der Waals surface area contributed by atoms with Crippen LogP contribution < -0.4 is 10.9 Å². The molecule has 0 aliphatic carbocycles. The van der Waals surface area contributed by atoms with Crippen molar-refractivity contribution in [3.05, 3.63) is 50.6 Å². The Balaban J connectivity index is 1.64. The molecule has 1 aliphatic rings. The van der Waals surface area contributed by atoms with Crippen LogP contribution in [0.15, 0.2) is 36.4 Å². The molecular weight excluding hydrogens is 369 g/mol. The zero-order valence-corrected chi connectivity index (χ0v) is 14.9. The number of carbonyl (C=O) groups is 2. The molecule has 0 radical (unpaired) electrons. The summed E-state index contributed by atoms with van der Waals surface area (Å²) in [5.74, 6) is -0.407. The van der Waals surface area contributed by atoms with Gasteiger partial charge in [-0.15, -0.1) is 11.3 Å². The average molecular weight is 384 g/mol. The fourth-order valence-corrected chi connectivity index (χ4v) is 3.83. The Morgan fingerprint density at radius 3 is 2.75 bits per heavy atom. The number of nitrogens with one attached hydrogen (secondary N) is 2. The van der Waals surface area contributed by atoms with Crippen LogP contribution in [0.5, 0.6) is 0 Å². The lowest BCUT2D eigenvalue weighted by atomic mass is 10.2. The van der Waals surface area contributed by atoms with Gasteiger partial charge < -0.3 is 4.90 Å². The van der Waals surface area contributed by atoms with Crippen LogP contribution in [-0.4, -0.2) is 29.3 Å². The van der Waals surface area contributed by atoms with Crippen LogP contribution in [0.4, 0.5) is 5.69 Å². The normalized spacial score (nSPS) is 16.9. The fourth-order valence-electron chi connectivity index (χ4n) is 2.64. The Kier molecular flexibility index (Phi) is 5.28. The zero-order valence-electron chi connectivity index (χ0n) is 12.6. The van der Waals surface area contributed by atoms with Crippen molar-refractivity contribution >= 4 is 52.0 Å². The molecule has 2 heterocycles. The number of hydrazine groups is 1. The van der Waals surface area contributed by atoms with Crippen LogP contribution in [0.25, 0.3) is 0 Å². The highest BCUT2D eigenvalue weighted by Crippen LogP contribution is 2.26. The van der Waals surface area contributed by atoms with Gasteiger partial charge in [0.15, 0.2) is 0 Å². The number of hydrogen-bond acceptors (Lipinski definition) is 4. The predicted octanol–water partition coefficient (Wildman–Crippen LogP) is 3.80. The van der Waals surface area contributed by atoms with Gasteiger partial charge in [0.2, 0.25) is 0 Å². The summed E-state index contributed by atoms with van der Waals surface area (Å²) in [6.07, 6.45) is 1.42. The average Bonchev–Trinajstić information content (AvgIpc) is 3.21. The number of carbonyl (C=O) groups excluding carboxylic acids is 2. The number of amides is 2. The van der Waals surface area contributed by atoms with E-state index in [1.54, 1.807) is 41.3 Å². The van der Waals surface area contributed by atoms with Crippen LogP contribution in [0.2, 0.25) is 9.36 Å². The summed E-state index contributed by atoms with van der Waals surface area (Å²) in [5.41, 5.74) is 6.15. The van der Waals surface area contributed by atoms with Crippen molar-refractivity contribution in [2.24, 2.45) is 0 Å². The molecule has 5 nitrogen and oxygen atoms in total. The van der Waals surface area contributed by atoms with Crippen LogP contribution in [-0.2, 0) is 4.79 Å². The Morgan fingerprint density at radius 2 is 2.04 bits per heavy atom. The van der Waals surface area contributed by atoms with E-state index in [2.05, 4.69) is 10.9 Å². The first kappa shape index (κ1) is 17.1. The third-order valence-corrected chi connectivity index (χ3v) is 5.21. The van der Waals surface area contributed by atoms with E-state index in [4.69, 9.17) is 23.2 Å². The first-order valence-corrected chi connectivity index (χ1v) is 8.99. The molecule has 1 aliphatic heterocycles. The second-order valence-electron chi connectivity index (χ2n) is 5.38. The van der Waals surface area contributed by atoms with Gasteiger partial charge in [-0.25, -0.2) is 0 Å². The quantitative estimate of drug-likeness (QED) is 0.789. The Labute approximate surface area is 153 Å². The van der Waals surface area contributed by atoms with E-state index < -0.39 is 6.04 Å². The minimum Gasteiger partial charge on any atom is -0.326 e. The lowest BCUT2D eigenvalue weighted by Gasteiger charge is -2.23. The van der Waals surface area contributed by atoms with E-state index in [-0.39, 0.29) is 11.8 Å². The molecule has 0 unspecified atom stereocenters. The van der Waals surface area contributed by atoms with E-state index in [0.717, 1.165) is 6.42 Å². The van der Waals surface area contributed by atoms with Gasteiger partial charge in [-0.05, 0) is 43.2 Å². The third-order valence-electron chi connectivity index (χ3n) is 3.75. The van der Waals surface area contributed by atoms with Gasteiger partial charge >= 0.3 is 0 Å². The lowest BCUT2D eigenvalue weighted by Crippen LogP contribution is -2.47. The zero-order chi connectivity index (χ0) is 17.1. The topological polar surface area (TPSA) is 61.4 Å². The van der Waals surface area contributed by atoms with Gasteiger partial charge in [0.1, 0.15) is 6.04 Å². The Hall–Kier alpha value is -1.76. The van der Waals surface area contributed by atoms with Crippen LogP contribution in [0.3, 0.4) is 0 Å². The number of anilines is 1. The van der Waals surface area contributed by atoms with Gasteiger partial charge in [0.05, 0.1) is 14.9 Å². The summed E-state index contributed by atoms with van der Waals surface area (Å²) in [5, 5.41) is 0.571. The van der Waals surface area contributed by atoms with Gasteiger partial charge in [0, 0.05) is 11.6 Å². The smallest absolute Gasteiger partial charge is 0.264 e. The molecule has 2 N–H and O–H groups in total. The Morgan fingerprint density at radius 1 is 1.21 bits per heavy atom. The van der Waals surface area contributed by atoms with Crippen molar-refractivity contribution in [1.82, 2.24) is 10.3 Å². The molecule has 1 aromatic carbocycles. The maximum atomic E-state index is 12.6. The summed E-state index contributed by atoms with van der Waals surface area (Å²) in [4.78, 5) is 27.1. The molecule has 0 saturated carbocycles. The third kappa shape index (κ3) is 3.83. The molecule has 8 heteroatoms. The second-order valence-corrected chi connectivity index (χ2v) is 7.54. The van der Waals surface area contributed by atoms with Crippen LogP contribution >= 0.6 is 34.5 Å². The summed E-state index contributed by atoms with van der Waals surface area (Å²) < 4.78 is 0.557. The fraction of sp³-hybridized carbons (Fsp3) is 0.250. The highest BCUT2D eigenvalue weighted by atomic mass is 35.5. The number of rotatable bonds is 4.